The van der Waals surface area contributed by atoms with Crippen molar-refractivity contribution in [1.82, 2.24) is 0 Å². The molecule has 0 fully saturated rings. The number of hydrogen-bond donors (Lipinski definition) is 2. The van der Waals surface area contributed by atoms with Crippen LogP contribution in [0.1, 0.15) is 15.9 Å². The Morgan fingerprint density at radius 2 is 2.05 bits per heavy atom. The molecule has 0 saturated carbocycles. The predicted octanol–water partition coefficient (Wildman–Crippen LogP) is 1.96. The number of nitrogens with two attached hydrogens (primary N) is 1. The molecule has 0 radical (unpaired) electrons. The van der Waals surface area contributed by atoms with Crippen molar-refractivity contribution in [1.29, 1.82) is 0 Å². The molecule has 1 heterocycles. The molecule has 0 unspecified atom stereocenters. The van der Waals surface area contributed by atoms with E-state index in [2.05, 4.69) is 5.32 Å². The number of nitrogens with one attached hydrogen (secondary N) is 1. The van der Waals surface area contributed by atoms with Crippen molar-refractivity contribution in [3.63, 3.8) is 0 Å². The summed E-state index contributed by atoms with van der Waals surface area (Å²) in [5.41, 5.74) is 1.46. The molecule has 19 heavy (non-hydrogen) atoms. The van der Waals surface area contributed by atoms with E-state index < -0.39 is 10.0 Å². The summed E-state index contributed by atoms with van der Waals surface area (Å²) < 4.78 is 22.8. The van der Waals surface area contributed by atoms with E-state index in [0.29, 0.717) is 16.8 Å². The van der Waals surface area contributed by atoms with E-state index in [9.17, 15) is 13.2 Å². The van der Waals surface area contributed by atoms with Crippen molar-refractivity contribution >= 4 is 33.0 Å². The van der Waals surface area contributed by atoms with E-state index in [1.807, 2.05) is 0 Å². The summed E-state index contributed by atoms with van der Waals surface area (Å²) in [4.78, 5) is 11.8. The van der Waals surface area contributed by atoms with Crippen molar-refractivity contribution in [2.45, 2.75) is 11.8 Å². The summed E-state index contributed by atoms with van der Waals surface area (Å²) in [7, 11) is -3.79. The normalized spacial score (nSPS) is 11.3. The maximum atomic E-state index is 11.8. The van der Waals surface area contributed by atoms with Gasteiger partial charge in [0.25, 0.3) is 5.91 Å². The van der Waals surface area contributed by atoms with Gasteiger partial charge in [-0.2, -0.15) is 11.3 Å². The molecule has 0 bridgehead atoms. The summed E-state index contributed by atoms with van der Waals surface area (Å²) in [5.74, 6) is -0.287. The van der Waals surface area contributed by atoms with Crippen LogP contribution >= 0.6 is 11.3 Å². The Hall–Kier alpha value is -1.70. The molecule has 0 saturated heterocycles. The minimum absolute atomic E-state index is 0.00983. The molecular weight excluding hydrogens is 284 g/mol. The monoisotopic (exact) mass is 296 g/mol. The van der Waals surface area contributed by atoms with Gasteiger partial charge < -0.3 is 5.32 Å². The largest absolute Gasteiger partial charge is 0.322 e. The second-order valence-corrected chi connectivity index (χ2v) is 6.30. The highest BCUT2D eigenvalue weighted by Gasteiger charge is 2.13. The number of amides is 1. The molecule has 0 aliphatic rings. The van der Waals surface area contributed by atoms with Crippen molar-refractivity contribution in [3.05, 3.63) is 46.2 Å². The van der Waals surface area contributed by atoms with E-state index in [1.54, 1.807) is 35.9 Å². The van der Waals surface area contributed by atoms with Gasteiger partial charge in [-0.05, 0) is 36.1 Å². The third-order valence-electron chi connectivity index (χ3n) is 2.54. The fourth-order valence-electron chi connectivity index (χ4n) is 1.58. The number of anilines is 1. The average Bonchev–Trinajstić information content (AvgIpc) is 2.83. The second kappa shape index (κ2) is 5.12. The molecule has 2 rings (SSSR count). The molecule has 2 aromatic rings. The molecule has 1 aromatic heterocycles. The van der Waals surface area contributed by atoms with Gasteiger partial charge in [-0.1, -0.05) is 6.07 Å². The molecule has 3 N–H and O–H groups in total. The first-order valence-corrected chi connectivity index (χ1v) is 7.84. The summed E-state index contributed by atoms with van der Waals surface area (Å²) in [6.45, 7) is 1.64. The van der Waals surface area contributed by atoms with Gasteiger partial charge in [0.05, 0.1) is 10.5 Å². The van der Waals surface area contributed by atoms with Crippen LogP contribution in [0.4, 0.5) is 5.69 Å². The predicted molar refractivity (Wildman–Crippen MR) is 74.8 cm³/mol. The number of aryl methyl sites for hydroxylation is 1. The fraction of sp³-hybridized carbons (Fsp3) is 0.0833. The molecule has 0 aliphatic carbocycles. The summed E-state index contributed by atoms with van der Waals surface area (Å²) in [6.07, 6.45) is 0. The summed E-state index contributed by atoms with van der Waals surface area (Å²) in [6, 6.07) is 6.28. The van der Waals surface area contributed by atoms with Gasteiger partial charge in [0.1, 0.15) is 0 Å². The zero-order chi connectivity index (χ0) is 14.0. The van der Waals surface area contributed by atoms with Crippen LogP contribution in [0.15, 0.2) is 39.9 Å². The van der Waals surface area contributed by atoms with E-state index in [4.69, 9.17) is 5.14 Å². The van der Waals surface area contributed by atoms with Crippen molar-refractivity contribution in [2.24, 2.45) is 5.14 Å². The fourth-order valence-corrected chi connectivity index (χ4v) is 3.03. The number of rotatable bonds is 3. The van der Waals surface area contributed by atoms with Crippen LogP contribution in [0.25, 0.3) is 0 Å². The van der Waals surface area contributed by atoms with Crippen LogP contribution in [-0.2, 0) is 10.0 Å². The van der Waals surface area contributed by atoms with Crippen molar-refractivity contribution in [2.75, 3.05) is 5.32 Å². The lowest BCUT2D eigenvalue weighted by atomic mass is 10.2. The van der Waals surface area contributed by atoms with E-state index >= 15 is 0 Å². The standard InChI is InChI=1S/C12H12N2O3S2/c1-8-2-3-10(6-11(8)19(13,16)17)14-12(15)9-4-5-18-7-9/h2-7H,1H3,(H,14,15)(H2,13,16,17). The van der Waals surface area contributed by atoms with Crippen LogP contribution in [0.2, 0.25) is 0 Å². The summed E-state index contributed by atoms with van der Waals surface area (Å²) >= 11 is 1.41. The number of thiophene rings is 1. The third kappa shape index (κ3) is 3.19. The number of sulfonamides is 1. The van der Waals surface area contributed by atoms with Gasteiger partial charge in [-0.25, -0.2) is 13.6 Å². The first-order chi connectivity index (χ1) is 8.88. The van der Waals surface area contributed by atoms with Gasteiger partial charge in [0.2, 0.25) is 10.0 Å². The van der Waals surface area contributed by atoms with Gasteiger partial charge in [-0.15, -0.1) is 0 Å². The molecule has 5 nitrogen and oxygen atoms in total. The highest BCUT2D eigenvalue weighted by atomic mass is 32.2. The minimum atomic E-state index is -3.79. The Labute approximate surface area is 115 Å². The highest BCUT2D eigenvalue weighted by Crippen LogP contribution is 2.19. The Morgan fingerprint density at radius 3 is 2.63 bits per heavy atom. The first kappa shape index (κ1) is 13.7. The van der Waals surface area contributed by atoms with Crippen LogP contribution < -0.4 is 10.5 Å². The van der Waals surface area contributed by atoms with Crippen LogP contribution in [0.5, 0.6) is 0 Å². The molecule has 1 aromatic carbocycles. The number of carbonyl (C=O) groups excluding carboxylic acids is 1. The Balaban J connectivity index is 2.30. The maximum Gasteiger partial charge on any atom is 0.256 e. The Kier molecular flexibility index (Phi) is 3.70. The zero-order valence-corrected chi connectivity index (χ0v) is 11.7. The second-order valence-electron chi connectivity index (χ2n) is 3.99. The Morgan fingerprint density at radius 1 is 1.32 bits per heavy atom. The van der Waals surface area contributed by atoms with Gasteiger partial charge >= 0.3 is 0 Å². The van der Waals surface area contributed by atoms with Crippen LogP contribution in [0, 0.1) is 6.92 Å². The van der Waals surface area contributed by atoms with E-state index in [1.165, 1.54) is 17.4 Å². The molecule has 1 amide bonds. The van der Waals surface area contributed by atoms with Crippen LogP contribution in [0.3, 0.4) is 0 Å². The van der Waals surface area contributed by atoms with E-state index in [-0.39, 0.29) is 10.8 Å². The van der Waals surface area contributed by atoms with Crippen molar-refractivity contribution in [3.8, 4) is 0 Å². The highest BCUT2D eigenvalue weighted by molar-refractivity contribution is 7.89. The molecule has 0 spiro atoms. The minimum Gasteiger partial charge on any atom is -0.322 e. The van der Waals surface area contributed by atoms with Gasteiger partial charge in [-0.3, -0.25) is 4.79 Å². The van der Waals surface area contributed by atoms with Gasteiger partial charge in [0, 0.05) is 11.1 Å². The number of benzene rings is 1. The smallest absolute Gasteiger partial charge is 0.256 e. The lowest BCUT2D eigenvalue weighted by molar-refractivity contribution is 0.102. The topological polar surface area (TPSA) is 89.3 Å². The number of hydrogen-bond acceptors (Lipinski definition) is 4. The third-order valence-corrected chi connectivity index (χ3v) is 4.27. The lowest BCUT2D eigenvalue weighted by Gasteiger charge is -2.08. The quantitative estimate of drug-likeness (QED) is 0.907. The average molecular weight is 296 g/mol. The number of primary sulfonamides is 1. The molecule has 0 atom stereocenters. The Bertz CT molecular complexity index is 707. The zero-order valence-electron chi connectivity index (χ0n) is 10.1. The lowest BCUT2D eigenvalue weighted by Crippen LogP contribution is -2.15. The van der Waals surface area contributed by atoms with Crippen molar-refractivity contribution < 1.29 is 13.2 Å². The molecule has 7 heteroatoms. The molecule has 0 aliphatic heterocycles. The first-order valence-electron chi connectivity index (χ1n) is 5.35. The molecule has 100 valence electrons. The van der Waals surface area contributed by atoms with E-state index in [0.717, 1.165) is 0 Å². The number of carbonyl (C=O) groups is 1. The maximum absolute atomic E-state index is 11.8. The molecular formula is C12H12N2O3S2. The van der Waals surface area contributed by atoms with Gasteiger partial charge in [0.15, 0.2) is 0 Å². The SMILES string of the molecule is Cc1ccc(NC(=O)c2ccsc2)cc1S(N)(=O)=O. The van der Waals surface area contributed by atoms with Crippen LogP contribution in [-0.4, -0.2) is 14.3 Å². The summed E-state index contributed by atoms with van der Waals surface area (Å²) in [5, 5.41) is 11.2.